The Morgan fingerprint density at radius 1 is 1.09 bits per heavy atom. The third kappa shape index (κ3) is 5.11. The number of nitrogens with one attached hydrogen (secondary N) is 1. The van der Waals surface area contributed by atoms with Gasteiger partial charge in [0.2, 0.25) is 11.8 Å². The first-order valence-electron chi connectivity index (χ1n) is 12.5. The molecule has 180 valence electrons. The zero-order chi connectivity index (χ0) is 24.3. The van der Waals surface area contributed by atoms with Crippen molar-refractivity contribution in [3.63, 3.8) is 0 Å². The summed E-state index contributed by atoms with van der Waals surface area (Å²) in [4.78, 5) is 44.3. The van der Waals surface area contributed by atoms with Gasteiger partial charge in [-0.25, -0.2) is 0 Å². The van der Waals surface area contributed by atoms with Crippen LogP contribution in [0.5, 0.6) is 0 Å². The average molecular weight is 470 g/mol. The molecule has 6 heteroatoms. The Kier molecular flexibility index (Phi) is 6.62. The quantitative estimate of drug-likeness (QED) is 0.523. The summed E-state index contributed by atoms with van der Waals surface area (Å²) >= 11 is 0. The van der Waals surface area contributed by atoms with Crippen LogP contribution in [0, 0.1) is 5.92 Å². The summed E-state index contributed by atoms with van der Waals surface area (Å²) in [6, 6.07) is 18.1. The van der Waals surface area contributed by atoms with E-state index in [0.717, 1.165) is 19.3 Å². The first-order chi connectivity index (χ1) is 17.0. The number of amides is 2. The summed E-state index contributed by atoms with van der Waals surface area (Å²) in [5.41, 5.74) is 1.38. The molecule has 35 heavy (non-hydrogen) atoms. The highest BCUT2D eigenvalue weighted by Gasteiger charge is 2.39. The van der Waals surface area contributed by atoms with Gasteiger partial charge in [-0.3, -0.25) is 19.4 Å². The molecular weight excluding hydrogens is 438 g/mol. The predicted molar refractivity (Wildman–Crippen MR) is 135 cm³/mol. The number of benzene rings is 2. The summed E-state index contributed by atoms with van der Waals surface area (Å²) in [6.07, 6.45) is 7.74. The molecule has 2 saturated heterocycles. The number of nitrogens with zero attached hydrogens (tertiary/aromatic N) is 2. The average Bonchev–Trinajstić information content (AvgIpc) is 3.28. The van der Waals surface area contributed by atoms with Gasteiger partial charge in [-0.2, -0.15) is 0 Å². The number of piperidine rings is 1. The maximum atomic E-state index is 13.2. The first-order valence-corrected chi connectivity index (χ1v) is 12.5. The molecule has 0 saturated carbocycles. The Bertz CT molecular complexity index is 1240. The lowest BCUT2D eigenvalue weighted by molar-refractivity contribution is -0.133. The number of likely N-dealkylation sites (tertiary alicyclic amines) is 1. The molecule has 0 radical (unpaired) electrons. The molecule has 0 aliphatic carbocycles. The van der Waals surface area contributed by atoms with Gasteiger partial charge in [-0.1, -0.05) is 42.5 Å². The van der Waals surface area contributed by atoms with E-state index in [0.29, 0.717) is 44.3 Å². The fraction of sp³-hybridized carbons (Fsp3) is 0.379. The van der Waals surface area contributed by atoms with Crippen LogP contribution < -0.4 is 5.32 Å². The molecule has 0 bridgehead atoms. The number of carbonyl (C=O) groups is 3. The summed E-state index contributed by atoms with van der Waals surface area (Å²) in [7, 11) is 0. The maximum absolute atomic E-state index is 13.2. The molecule has 2 atom stereocenters. The van der Waals surface area contributed by atoms with Crippen LogP contribution in [0.15, 0.2) is 67.0 Å². The van der Waals surface area contributed by atoms with Crippen molar-refractivity contribution >= 4 is 28.4 Å². The summed E-state index contributed by atoms with van der Waals surface area (Å²) in [5, 5.41) is 5.58. The van der Waals surface area contributed by atoms with Crippen LogP contribution in [0.25, 0.3) is 10.8 Å². The van der Waals surface area contributed by atoms with Crippen LogP contribution in [-0.2, 0) is 16.0 Å². The van der Waals surface area contributed by atoms with Crippen molar-refractivity contribution in [2.45, 2.75) is 50.5 Å². The summed E-state index contributed by atoms with van der Waals surface area (Å²) < 4.78 is 0. The molecule has 0 spiro atoms. The van der Waals surface area contributed by atoms with Crippen molar-refractivity contribution in [2.75, 3.05) is 13.1 Å². The molecule has 6 nitrogen and oxygen atoms in total. The van der Waals surface area contributed by atoms with E-state index in [1.165, 1.54) is 16.3 Å². The van der Waals surface area contributed by atoms with E-state index in [1.54, 1.807) is 24.5 Å². The highest BCUT2D eigenvalue weighted by molar-refractivity contribution is 5.98. The van der Waals surface area contributed by atoms with Crippen molar-refractivity contribution in [1.29, 1.82) is 0 Å². The normalized spacial score (nSPS) is 22.2. The van der Waals surface area contributed by atoms with Gasteiger partial charge < -0.3 is 10.2 Å². The SMILES string of the molecule is O=C1CC[C@](CCC(=O)N2CCC[C@@H](C(=O)c3cccnc3)C2)(Cc2cccc3ccccc23)N1. The van der Waals surface area contributed by atoms with Gasteiger partial charge in [0.15, 0.2) is 5.78 Å². The molecule has 2 aliphatic heterocycles. The number of fused-ring (bicyclic) bond motifs is 1. The minimum absolute atomic E-state index is 0.0535. The van der Waals surface area contributed by atoms with Crippen molar-refractivity contribution < 1.29 is 14.4 Å². The molecule has 2 aromatic carbocycles. The minimum atomic E-state index is -0.419. The van der Waals surface area contributed by atoms with E-state index in [2.05, 4.69) is 40.6 Å². The van der Waals surface area contributed by atoms with E-state index in [1.807, 2.05) is 17.0 Å². The number of rotatable bonds is 7. The summed E-state index contributed by atoms with van der Waals surface area (Å²) in [5.74, 6) is -0.0104. The van der Waals surface area contributed by atoms with E-state index in [-0.39, 0.29) is 23.5 Å². The van der Waals surface area contributed by atoms with Crippen LogP contribution in [0.4, 0.5) is 0 Å². The van der Waals surface area contributed by atoms with Crippen molar-refractivity contribution in [3.8, 4) is 0 Å². The largest absolute Gasteiger partial charge is 0.350 e. The molecule has 0 unspecified atom stereocenters. The maximum Gasteiger partial charge on any atom is 0.222 e. The van der Waals surface area contributed by atoms with E-state index >= 15 is 0 Å². The molecule has 1 aromatic heterocycles. The van der Waals surface area contributed by atoms with E-state index in [9.17, 15) is 14.4 Å². The third-order valence-electron chi connectivity index (χ3n) is 7.55. The van der Waals surface area contributed by atoms with Crippen LogP contribution in [-0.4, -0.2) is 46.1 Å². The summed E-state index contributed by atoms with van der Waals surface area (Å²) in [6.45, 7) is 1.13. The van der Waals surface area contributed by atoms with Gasteiger partial charge >= 0.3 is 0 Å². The standard InChI is InChI=1S/C29H31N3O3/c33-26-12-14-29(31-26,18-22-8-3-7-21-6-1-2-11-25(21)22)15-13-27(34)32-17-5-10-24(20-32)28(35)23-9-4-16-30-19-23/h1-4,6-9,11,16,19,24H,5,10,12-15,17-18,20H2,(H,31,33)/t24-,29+/m1/s1. The molecule has 2 amide bonds. The van der Waals surface area contributed by atoms with Gasteiger partial charge in [-0.05, 0) is 60.6 Å². The van der Waals surface area contributed by atoms with Crippen molar-refractivity contribution in [3.05, 3.63) is 78.1 Å². The monoisotopic (exact) mass is 469 g/mol. The number of ketones is 1. The highest BCUT2D eigenvalue weighted by Crippen LogP contribution is 2.33. The fourth-order valence-corrected chi connectivity index (χ4v) is 5.66. The van der Waals surface area contributed by atoms with Gasteiger partial charge in [0.1, 0.15) is 0 Å². The number of Topliss-reactive ketones (excluding diaryl/α,β-unsaturated/α-hetero) is 1. The third-order valence-corrected chi connectivity index (χ3v) is 7.55. The molecule has 3 heterocycles. The zero-order valence-corrected chi connectivity index (χ0v) is 19.9. The molecule has 3 aromatic rings. The Morgan fingerprint density at radius 2 is 1.94 bits per heavy atom. The lowest BCUT2D eigenvalue weighted by atomic mass is 9.83. The second kappa shape index (κ2) is 9.98. The van der Waals surface area contributed by atoms with Crippen LogP contribution in [0.1, 0.15) is 54.4 Å². The molecule has 2 fully saturated rings. The Hall–Kier alpha value is -3.54. The van der Waals surface area contributed by atoms with Crippen molar-refractivity contribution in [1.82, 2.24) is 15.2 Å². The molecule has 1 N–H and O–H groups in total. The van der Waals surface area contributed by atoms with E-state index < -0.39 is 5.54 Å². The second-order valence-corrected chi connectivity index (χ2v) is 9.93. The topological polar surface area (TPSA) is 79.4 Å². The van der Waals surface area contributed by atoms with Crippen LogP contribution >= 0.6 is 0 Å². The molecule has 2 aliphatic rings. The zero-order valence-electron chi connectivity index (χ0n) is 19.9. The first kappa shape index (κ1) is 23.2. The van der Waals surface area contributed by atoms with Gasteiger partial charge in [-0.15, -0.1) is 0 Å². The lowest BCUT2D eigenvalue weighted by Gasteiger charge is -2.34. The highest BCUT2D eigenvalue weighted by atomic mass is 16.2. The van der Waals surface area contributed by atoms with Crippen molar-refractivity contribution in [2.24, 2.45) is 5.92 Å². The number of pyridine rings is 1. The Balaban J connectivity index is 1.27. The predicted octanol–water partition coefficient (Wildman–Crippen LogP) is 4.33. The minimum Gasteiger partial charge on any atom is -0.350 e. The number of hydrogen-bond acceptors (Lipinski definition) is 4. The fourth-order valence-electron chi connectivity index (χ4n) is 5.66. The number of aromatic nitrogens is 1. The number of carbonyl (C=O) groups excluding carboxylic acids is 3. The van der Waals surface area contributed by atoms with Crippen LogP contribution in [0.3, 0.4) is 0 Å². The Morgan fingerprint density at radius 3 is 2.74 bits per heavy atom. The van der Waals surface area contributed by atoms with E-state index in [4.69, 9.17) is 0 Å². The van der Waals surface area contributed by atoms with Gasteiger partial charge in [0.05, 0.1) is 0 Å². The smallest absolute Gasteiger partial charge is 0.222 e. The Labute approximate surface area is 205 Å². The molecular formula is C29H31N3O3. The van der Waals surface area contributed by atoms with Gasteiger partial charge in [0.25, 0.3) is 0 Å². The number of hydrogen-bond donors (Lipinski definition) is 1. The molecule has 5 rings (SSSR count). The second-order valence-electron chi connectivity index (χ2n) is 9.93. The lowest BCUT2D eigenvalue weighted by Crippen LogP contribution is -2.46. The van der Waals surface area contributed by atoms with Crippen LogP contribution in [0.2, 0.25) is 0 Å². The van der Waals surface area contributed by atoms with Gasteiger partial charge in [0, 0.05) is 55.3 Å².